The molecule has 0 spiro atoms. The topological polar surface area (TPSA) is 72.8 Å². The van der Waals surface area contributed by atoms with E-state index in [1.807, 2.05) is 20.8 Å². The quantitative estimate of drug-likeness (QED) is 0.513. The van der Waals surface area contributed by atoms with E-state index in [0.717, 1.165) is 35.1 Å². The molecule has 0 unspecified atom stereocenters. The van der Waals surface area contributed by atoms with Crippen molar-refractivity contribution in [3.05, 3.63) is 40.1 Å². The van der Waals surface area contributed by atoms with Gasteiger partial charge in [-0.15, -0.1) is 0 Å². The molecule has 0 saturated carbocycles. The molecule has 0 amide bonds. The van der Waals surface area contributed by atoms with Crippen molar-refractivity contribution in [3.8, 4) is 0 Å². The van der Waals surface area contributed by atoms with Gasteiger partial charge in [-0.3, -0.25) is 9.59 Å². The minimum atomic E-state index is -0.525. The summed E-state index contributed by atoms with van der Waals surface area (Å²) in [5.74, 6) is 0.773. The summed E-state index contributed by atoms with van der Waals surface area (Å²) in [6.07, 6.45) is 1.91. The Morgan fingerprint density at radius 2 is 2.00 bits per heavy atom. The number of fused-ring (bicyclic) bond motifs is 5. The molecule has 0 aromatic heterocycles. The van der Waals surface area contributed by atoms with Gasteiger partial charge in [-0.25, -0.2) is 0 Å². The average molecular weight is 431 g/mol. The number of esters is 1. The van der Waals surface area contributed by atoms with Gasteiger partial charge in [0.25, 0.3) is 0 Å². The number of ether oxygens (including phenoxy) is 2. The van der Waals surface area contributed by atoms with Crippen LogP contribution in [0.25, 0.3) is 5.57 Å². The lowest BCUT2D eigenvalue weighted by Gasteiger charge is -2.32. The molecule has 1 aromatic rings. The zero-order valence-corrected chi connectivity index (χ0v) is 18.9. The maximum Gasteiger partial charge on any atom is 0.306 e. The number of carbonyl (C=O) groups excluding carboxylic acids is 2. The van der Waals surface area contributed by atoms with Crippen LogP contribution >= 0.6 is 11.8 Å². The molecule has 2 heterocycles. The molecule has 5 nitrogen and oxygen atoms in total. The molecule has 30 heavy (non-hydrogen) atoms. The second kappa shape index (κ2) is 8.04. The molecule has 2 bridgehead atoms. The van der Waals surface area contributed by atoms with Crippen LogP contribution in [-0.2, 0) is 19.1 Å². The van der Waals surface area contributed by atoms with E-state index in [4.69, 9.17) is 9.47 Å². The average Bonchev–Trinajstić information content (AvgIpc) is 3.31. The number of rotatable bonds is 7. The summed E-state index contributed by atoms with van der Waals surface area (Å²) in [5, 5.41) is 11.3. The fraction of sp³-hybridized carbons (Fsp3) is 0.583. The number of hydrogen-bond acceptors (Lipinski definition) is 6. The number of aliphatic hydroxyl groups excluding tert-OH is 1. The van der Waals surface area contributed by atoms with Crippen LogP contribution in [0.4, 0.5) is 0 Å². The van der Waals surface area contributed by atoms with Gasteiger partial charge in [-0.2, -0.15) is 11.8 Å². The van der Waals surface area contributed by atoms with Crippen molar-refractivity contribution in [2.45, 2.75) is 58.7 Å². The fourth-order valence-corrected chi connectivity index (χ4v) is 6.87. The van der Waals surface area contributed by atoms with Crippen molar-refractivity contribution in [1.82, 2.24) is 0 Å². The van der Waals surface area contributed by atoms with Crippen molar-refractivity contribution in [3.63, 3.8) is 0 Å². The molecule has 1 aromatic carbocycles. The first-order valence-electron chi connectivity index (χ1n) is 10.8. The number of benzene rings is 1. The first kappa shape index (κ1) is 21.4. The van der Waals surface area contributed by atoms with E-state index in [1.54, 1.807) is 18.7 Å². The Labute approximate surface area is 182 Å². The van der Waals surface area contributed by atoms with Crippen molar-refractivity contribution >= 4 is 29.1 Å². The van der Waals surface area contributed by atoms with Crippen molar-refractivity contribution in [2.75, 3.05) is 18.1 Å². The third-order valence-corrected chi connectivity index (χ3v) is 7.88. The summed E-state index contributed by atoms with van der Waals surface area (Å²) in [4.78, 5) is 25.0. The summed E-state index contributed by atoms with van der Waals surface area (Å²) < 4.78 is 11.3. The van der Waals surface area contributed by atoms with Gasteiger partial charge in [0.1, 0.15) is 5.76 Å². The summed E-state index contributed by atoms with van der Waals surface area (Å²) in [5.41, 5.74) is 4.04. The number of thioether (sulfide) groups is 1. The lowest BCUT2D eigenvalue weighted by Crippen LogP contribution is -2.40. The number of ketones is 1. The Kier molecular flexibility index (Phi) is 5.75. The predicted octanol–water partition coefficient (Wildman–Crippen LogP) is 4.31. The first-order chi connectivity index (χ1) is 14.3. The van der Waals surface area contributed by atoms with E-state index in [0.29, 0.717) is 30.1 Å². The summed E-state index contributed by atoms with van der Waals surface area (Å²) in [6.45, 7) is 8.24. The fourth-order valence-electron chi connectivity index (χ4n) is 5.67. The third kappa shape index (κ3) is 3.38. The highest BCUT2D eigenvalue weighted by atomic mass is 32.2. The van der Waals surface area contributed by atoms with Gasteiger partial charge in [0, 0.05) is 11.5 Å². The van der Waals surface area contributed by atoms with Crippen LogP contribution in [0.5, 0.6) is 0 Å². The molecule has 4 atom stereocenters. The zero-order valence-electron chi connectivity index (χ0n) is 18.1. The molecule has 1 N–H and O–H groups in total. The van der Waals surface area contributed by atoms with Crippen molar-refractivity contribution < 1.29 is 24.2 Å². The van der Waals surface area contributed by atoms with Crippen LogP contribution < -0.4 is 0 Å². The van der Waals surface area contributed by atoms with Gasteiger partial charge >= 0.3 is 5.97 Å². The van der Waals surface area contributed by atoms with E-state index in [1.165, 1.54) is 0 Å². The van der Waals surface area contributed by atoms with Crippen LogP contribution in [0.15, 0.2) is 17.9 Å². The van der Waals surface area contributed by atoms with Crippen LogP contribution in [0.2, 0.25) is 0 Å². The Morgan fingerprint density at radius 3 is 2.67 bits per heavy atom. The number of carbonyl (C=O) groups is 2. The van der Waals surface area contributed by atoms with E-state index >= 15 is 0 Å². The van der Waals surface area contributed by atoms with E-state index in [2.05, 4.69) is 12.1 Å². The molecule has 0 radical (unpaired) electrons. The molecule has 1 aliphatic carbocycles. The summed E-state index contributed by atoms with van der Waals surface area (Å²) in [6, 6.07) is 4.13. The maximum atomic E-state index is 13.4. The molecular weight excluding hydrogens is 400 g/mol. The monoisotopic (exact) mass is 430 g/mol. The molecule has 2 fully saturated rings. The molecular formula is C24H30O5S. The Morgan fingerprint density at radius 1 is 1.30 bits per heavy atom. The zero-order chi connectivity index (χ0) is 21.6. The second-order valence-electron chi connectivity index (χ2n) is 8.77. The van der Waals surface area contributed by atoms with Gasteiger partial charge in [-0.1, -0.05) is 17.7 Å². The molecule has 3 aliphatic rings. The second-order valence-corrected chi connectivity index (χ2v) is 9.87. The van der Waals surface area contributed by atoms with Crippen LogP contribution in [0, 0.1) is 32.6 Å². The minimum absolute atomic E-state index is 0.0238. The van der Waals surface area contributed by atoms with Gasteiger partial charge < -0.3 is 14.6 Å². The standard InChI is InChI=1S/C24H30O5S/c1-5-28-17(25)7-9-30-12-24-8-6-16(29-24)19-21(24)23(27)20(22(19)26)18-14(3)10-13(2)11-15(18)4/h10-11,16,19,21,27H,5-9,12H2,1-4H3/t16-,19-,21+,24-/m0/s1. The van der Waals surface area contributed by atoms with Crippen molar-refractivity contribution in [2.24, 2.45) is 11.8 Å². The van der Waals surface area contributed by atoms with Crippen molar-refractivity contribution in [1.29, 1.82) is 0 Å². The predicted molar refractivity (Wildman–Crippen MR) is 118 cm³/mol. The molecule has 2 aliphatic heterocycles. The van der Waals surface area contributed by atoms with E-state index in [9.17, 15) is 14.7 Å². The largest absolute Gasteiger partial charge is 0.511 e. The third-order valence-electron chi connectivity index (χ3n) is 6.69. The number of allylic oxidation sites excluding steroid dienone is 1. The Balaban J connectivity index is 1.59. The van der Waals surface area contributed by atoms with Gasteiger partial charge in [0.15, 0.2) is 5.78 Å². The maximum absolute atomic E-state index is 13.4. The van der Waals surface area contributed by atoms with Gasteiger partial charge in [-0.05, 0) is 57.2 Å². The lowest BCUT2D eigenvalue weighted by molar-refractivity contribution is -0.142. The van der Waals surface area contributed by atoms with Gasteiger partial charge in [0.2, 0.25) is 0 Å². The molecule has 4 rings (SSSR count). The number of aliphatic hydroxyl groups is 1. The SMILES string of the molecule is CCOC(=O)CCSC[C@]12CC[C@H](O1)[C@@H]1C(=O)C(c3c(C)cc(C)cc3C)=C(O)[C@@H]12. The highest BCUT2D eigenvalue weighted by molar-refractivity contribution is 7.99. The smallest absolute Gasteiger partial charge is 0.306 e. The van der Waals surface area contributed by atoms with Crippen LogP contribution in [-0.4, -0.2) is 46.7 Å². The lowest BCUT2D eigenvalue weighted by atomic mass is 9.73. The summed E-state index contributed by atoms with van der Waals surface area (Å²) >= 11 is 1.64. The minimum Gasteiger partial charge on any atom is -0.511 e. The first-order valence-corrected chi connectivity index (χ1v) is 11.9. The molecule has 162 valence electrons. The van der Waals surface area contributed by atoms with E-state index in [-0.39, 0.29) is 35.5 Å². The highest BCUT2D eigenvalue weighted by Crippen LogP contribution is 2.60. The summed E-state index contributed by atoms with van der Waals surface area (Å²) in [7, 11) is 0. The highest BCUT2D eigenvalue weighted by Gasteiger charge is 2.66. The number of aryl methyl sites for hydroxylation is 3. The van der Waals surface area contributed by atoms with E-state index < -0.39 is 5.60 Å². The van der Waals surface area contributed by atoms with Crippen LogP contribution in [0.1, 0.15) is 48.4 Å². The number of hydrogen-bond donors (Lipinski definition) is 1. The molecule has 6 heteroatoms. The van der Waals surface area contributed by atoms with Crippen LogP contribution in [0.3, 0.4) is 0 Å². The van der Waals surface area contributed by atoms with Gasteiger partial charge in [0.05, 0.1) is 42.1 Å². The Bertz CT molecular complexity index is 897. The Hall–Kier alpha value is -1.79. The molecule has 2 saturated heterocycles. The normalized spacial score (nSPS) is 29.6. The number of Topliss-reactive ketones (excluding diaryl/α,β-unsaturated/α-hetero) is 1.